The van der Waals surface area contributed by atoms with E-state index in [-0.39, 0.29) is 11.9 Å². The Morgan fingerprint density at radius 2 is 1.73 bits per heavy atom. The lowest BCUT2D eigenvalue weighted by Crippen LogP contribution is -2.43. The van der Waals surface area contributed by atoms with E-state index in [9.17, 15) is 4.79 Å². The predicted molar refractivity (Wildman–Crippen MR) is 89.1 cm³/mol. The van der Waals surface area contributed by atoms with Crippen molar-refractivity contribution in [2.45, 2.75) is 70.9 Å². The molecular weight excluding hydrogens is 274 g/mol. The highest BCUT2D eigenvalue weighted by molar-refractivity contribution is 5.95. The van der Waals surface area contributed by atoms with Crippen molar-refractivity contribution < 1.29 is 4.79 Å². The Morgan fingerprint density at radius 1 is 1.09 bits per heavy atom. The zero-order valence-corrected chi connectivity index (χ0v) is 14.0. The molecule has 0 bridgehead atoms. The van der Waals surface area contributed by atoms with Crippen LogP contribution in [0.2, 0.25) is 0 Å². The molecule has 1 aliphatic heterocycles. The zero-order valence-electron chi connectivity index (χ0n) is 14.0. The summed E-state index contributed by atoms with van der Waals surface area (Å²) in [6.45, 7) is 5.86. The zero-order chi connectivity index (χ0) is 15.7. The van der Waals surface area contributed by atoms with E-state index in [1.165, 1.54) is 37.8 Å². The van der Waals surface area contributed by atoms with Crippen molar-refractivity contribution in [3.63, 3.8) is 0 Å². The number of nitrogens with zero attached hydrogens (tertiary/aromatic N) is 2. The van der Waals surface area contributed by atoms with Crippen LogP contribution in [0.5, 0.6) is 0 Å². The summed E-state index contributed by atoms with van der Waals surface area (Å²) in [6, 6.07) is 2.95. The van der Waals surface area contributed by atoms with Crippen molar-refractivity contribution in [3.05, 3.63) is 23.0 Å². The smallest absolute Gasteiger partial charge is 0.255 e. The maximum Gasteiger partial charge on any atom is 0.255 e. The second-order valence-electron chi connectivity index (χ2n) is 7.08. The molecular formula is C18H29N3O. The fourth-order valence-corrected chi connectivity index (χ4v) is 4.17. The van der Waals surface area contributed by atoms with Gasteiger partial charge in [-0.3, -0.25) is 4.79 Å². The van der Waals surface area contributed by atoms with Crippen molar-refractivity contribution in [2.24, 2.45) is 5.73 Å². The standard InChI is InChI=1S/C18H29N3O/c1-13-12-17(18(22)20-10-8-15(19)9-11-20)14(2)21(13)16-6-4-3-5-7-16/h12,15-16H,3-11,19H2,1-2H3. The summed E-state index contributed by atoms with van der Waals surface area (Å²) in [5.41, 5.74) is 9.24. The second kappa shape index (κ2) is 6.45. The van der Waals surface area contributed by atoms with Crippen molar-refractivity contribution in [2.75, 3.05) is 13.1 Å². The van der Waals surface area contributed by atoms with Crippen LogP contribution in [0, 0.1) is 13.8 Å². The number of aromatic nitrogens is 1. The molecule has 2 heterocycles. The number of piperidine rings is 1. The molecule has 1 aliphatic carbocycles. The number of carbonyl (C=O) groups excluding carboxylic acids is 1. The van der Waals surface area contributed by atoms with Crippen LogP contribution in [0.1, 0.15) is 72.7 Å². The van der Waals surface area contributed by atoms with E-state index in [0.717, 1.165) is 37.2 Å². The molecule has 122 valence electrons. The van der Waals surface area contributed by atoms with Gasteiger partial charge in [-0.15, -0.1) is 0 Å². The van der Waals surface area contributed by atoms with Crippen molar-refractivity contribution in [3.8, 4) is 0 Å². The van der Waals surface area contributed by atoms with Crippen LogP contribution in [0.15, 0.2) is 6.07 Å². The Kier molecular flexibility index (Phi) is 4.57. The van der Waals surface area contributed by atoms with Crippen LogP contribution in [0.4, 0.5) is 0 Å². The first kappa shape index (κ1) is 15.6. The molecule has 1 aromatic heterocycles. The molecule has 2 fully saturated rings. The fraction of sp³-hybridized carbons (Fsp3) is 0.722. The minimum Gasteiger partial charge on any atom is -0.345 e. The van der Waals surface area contributed by atoms with Crippen LogP contribution in [-0.4, -0.2) is 34.5 Å². The number of likely N-dealkylation sites (tertiary alicyclic amines) is 1. The predicted octanol–water partition coefficient (Wildman–Crippen LogP) is 3.17. The molecule has 1 saturated carbocycles. The molecule has 0 aromatic carbocycles. The van der Waals surface area contributed by atoms with Gasteiger partial charge < -0.3 is 15.2 Å². The van der Waals surface area contributed by atoms with Crippen LogP contribution in [-0.2, 0) is 0 Å². The molecule has 0 spiro atoms. The summed E-state index contributed by atoms with van der Waals surface area (Å²) >= 11 is 0. The number of amides is 1. The highest BCUT2D eigenvalue weighted by Gasteiger charge is 2.27. The number of hydrogen-bond donors (Lipinski definition) is 1. The summed E-state index contributed by atoms with van der Waals surface area (Å²) in [6.07, 6.45) is 8.34. The molecule has 22 heavy (non-hydrogen) atoms. The van der Waals surface area contributed by atoms with Gasteiger partial charge in [0.25, 0.3) is 5.91 Å². The molecule has 1 saturated heterocycles. The number of aryl methyl sites for hydroxylation is 1. The van der Waals surface area contributed by atoms with Gasteiger partial charge in [-0.25, -0.2) is 0 Å². The summed E-state index contributed by atoms with van der Waals surface area (Å²) in [5.74, 6) is 0.196. The van der Waals surface area contributed by atoms with Gasteiger partial charge in [-0.1, -0.05) is 19.3 Å². The average Bonchev–Trinajstić information content (AvgIpc) is 2.83. The second-order valence-corrected chi connectivity index (χ2v) is 7.08. The third-order valence-corrected chi connectivity index (χ3v) is 5.48. The Bertz CT molecular complexity index is 535. The van der Waals surface area contributed by atoms with Crippen LogP contribution in [0.3, 0.4) is 0 Å². The van der Waals surface area contributed by atoms with Crippen LogP contribution >= 0.6 is 0 Å². The topological polar surface area (TPSA) is 51.3 Å². The molecule has 0 unspecified atom stereocenters. The van der Waals surface area contributed by atoms with Gasteiger partial charge in [-0.05, 0) is 45.6 Å². The molecule has 3 rings (SSSR count). The van der Waals surface area contributed by atoms with E-state index in [1.807, 2.05) is 4.90 Å². The summed E-state index contributed by atoms with van der Waals surface area (Å²) in [5, 5.41) is 0. The SMILES string of the molecule is Cc1cc(C(=O)N2CCC(N)CC2)c(C)n1C1CCCCC1. The molecule has 4 nitrogen and oxygen atoms in total. The van der Waals surface area contributed by atoms with E-state index in [4.69, 9.17) is 5.73 Å². The quantitative estimate of drug-likeness (QED) is 0.912. The van der Waals surface area contributed by atoms with Gasteiger partial charge >= 0.3 is 0 Å². The lowest BCUT2D eigenvalue weighted by Gasteiger charge is -2.30. The largest absolute Gasteiger partial charge is 0.345 e. The van der Waals surface area contributed by atoms with Gasteiger partial charge in [-0.2, -0.15) is 0 Å². The Labute approximate surface area is 133 Å². The highest BCUT2D eigenvalue weighted by Crippen LogP contribution is 2.32. The minimum atomic E-state index is 0.196. The summed E-state index contributed by atoms with van der Waals surface area (Å²) in [7, 11) is 0. The molecule has 0 atom stereocenters. The van der Waals surface area contributed by atoms with Crippen molar-refractivity contribution >= 4 is 5.91 Å². The van der Waals surface area contributed by atoms with E-state index >= 15 is 0 Å². The minimum absolute atomic E-state index is 0.196. The first-order valence-electron chi connectivity index (χ1n) is 8.81. The van der Waals surface area contributed by atoms with E-state index < -0.39 is 0 Å². The first-order valence-corrected chi connectivity index (χ1v) is 8.81. The Hall–Kier alpha value is -1.29. The number of nitrogens with two attached hydrogens (primary N) is 1. The van der Waals surface area contributed by atoms with Crippen molar-refractivity contribution in [1.29, 1.82) is 0 Å². The van der Waals surface area contributed by atoms with Gasteiger partial charge in [0.15, 0.2) is 0 Å². The van der Waals surface area contributed by atoms with Gasteiger partial charge in [0, 0.05) is 36.6 Å². The fourth-order valence-electron chi connectivity index (χ4n) is 4.17. The third-order valence-electron chi connectivity index (χ3n) is 5.48. The molecule has 2 aliphatic rings. The number of carbonyl (C=O) groups is 1. The average molecular weight is 303 g/mol. The first-order chi connectivity index (χ1) is 10.6. The number of rotatable bonds is 2. The molecule has 4 heteroatoms. The maximum absolute atomic E-state index is 12.8. The van der Waals surface area contributed by atoms with Gasteiger partial charge in [0.2, 0.25) is 0 Å². The Morgan fingerprint density at radius 3 is 2.36 bits per heavy atom. The molecule has 2 N–H and O–H groups in total. The number of hydrogen-bond acceptors (Lipinski definition) is 2. The lowest BCUT2D eigenvalue weighted by molar-refractivity contribution is 0.0713. The Balaban J connectivity index is 1.81. The monoisotopic (exact) mass is 303 g/mol. The highest BCUT2D eigenvalue weighted by atomic mass is 16.2. The van der Waals surface area contributed by atoms with Crippen LogP contribution in [0.25, 0.3) is 0 Å². The van der Waals surface area contributed by atoms with E-state index in [2.05, 4.69) is 24.5 Å². The maximum atomic E-state index is 12.8. The molecule has 0 radical (unpaired) electrons. The summed E-state index contributed by atoms with van der Waals surface area (Å²) < 4.78 is 2.42. The van der Waals surface area contributed by atoms with E-state index in [1.54, 1.807) is 0 Å². The third kappa shape index (κ3) is 2.94. The lowest BCUT2D eigenvalue weighted by atomic mass is 9.95. The van der Waals surface area contributed by atoms with E-state index in [0.29, 0.717) is 6.04 Å². The van der Waals surface area contributed by atoms with Crippen LogP contribution < -0.4 is 5.73 Å². The van der Waals surface area contributed by atoms with Gasteiger partial charge in [0.05, 0.1) is 5.56 Å². The van der Waals surface area contributed by atoms with Crippen molar-refractivity contribution in [1.82, 2.24) is 9.47 Å². The van der Waals surface area contributed by atoms with Gasteiger partial charge in [0.1, 0.15) is 0 Å². The summed E-state index contributed by atoms with van der Waals surface area (Å²) in [4.78, 5) is 14.8. The molecule has 1 aromatic rings. The normalized spacial score (nSPS) is 21.3. The molecule has 1 amide bonds.